The molecule has 0 spiro atoms. The average Bonchev–Trinajstić information content (AvgIpc) is 2.40. The highest BCUT2D eigenvalue weighted by Crippen LogP contribution is 2.40. The summed E-state index contributed by atoms with van der Waals surface area (Å²) in [6, 6.07) is 0. The van der Waals surface area contributed by atoms with Crippen LogP contribution in [0.4, 0.5) is 0 Å². The monoisotopic (exact) mass is 220 g/mol. The number of ether oxygens (including phenoxy) is 2. The van der Waals surface area contributed by atoms with Crippen molar-refractivity contribution in [3.05, 3.63) is 0 Å². The molecular weight excluding hydrogens is 199 g/mol. The van der Waals surface area contributed by atoms with Crippen LogP contribution in [0.15, 0.2) is 0 Å². The van der Waals surface area contributed by atoms with Gasteiger partial charge in [0, 0.05) is 5.92 Å². The van der Waals surface area contributed by atoms with Crippen molar-refractivity contribution in [2.45, 2.75) is 39.1 Å². The summed E-state index contributed by atoms with van der Waals surface area (Å²) in [6.45, 7) is 6.48. The molecule has 0 saturated carbocycles. The van der Waals surface area contributed by atoms with Crippen LogP contribution in [-0.2, 0) is 9.47 Å². The Bertz CT molecular complexity index is 188. The maximum absolute atomic E-state index is 10.2. The van der Waals surface area contributed by atoms with Crippen LogP contribution in [0, 0.1) is 11.8 Å². The molecule has 1 N–H and O–H groups in total. The van der Waals surface area contributed by atoms with Gasteiger partial charge in [0.15, 0.2) is 5.79 Å². The van der Waals surface area contributed by atoms with Crippen LogP contribution < -0.4 is 0 Å². The van der Waals surface area contributed by atoms with E-state index in [0.717, 1.165) is 6.42 Å². The molecule has 3 nitrogen and oxygen atoms in total. The average molecular weight is 220 g/mol. The molecule has 0 aromatic rings. The highest BCUT2D eigenvalue weighted by Gasteiger charge is 2.49. The largest absolute Gasteiger partial charge is 0.372 e. The van der Waals surface area contributed by atoms with Gasteiger partial charge in [-0.3, -0.25) is 0 Å². The van der Waals surface area contributed by atoms with Crippen LogP contribution in [0.5, 0.6) is 0 Å². The Balaban J connectivity index is 2.61. The molecule has 1 heterocycles. The lowest BCUT2D eigenvalue weighted by molar-refractivity contribution is -0.234. The Labute approximate surface area is 88.4 Å². The van der Waals surface area contributed by atoms with E-state index in [2.05, 4.69) is 23.1 Å². The number of hydrogen-bond acceptors (Lipinski definition) is 3. The second-order valence-corrected chi connectivity index (χ2v) is 4.41. The SMILES string of the molecule is CC[C@H]1O[C@@](O)(COCP)C(C)C1C. The summed E-state index contributed by atoms with van der Waals surface area (Å²) in [5, 5.41) is 10.2. The van der Waals surface area contributed by atoms with E-state index in [1.807, 2.05) is 6.92 Å². The van der Waals surface area contributed by atoms with Crippen molar-refractivity contribution >= 4 is 9.24 Å². The molecule has 84 valence electrons. The lowest BCUT2D eigenvalue weighted by Crippen LogP contribution is -2.40. The fourth-order valence-corrected chi connectivity index (χ4v) is 2.15. The van der Waals surface area contributed by atoms with E-state index in [1.165, 1.54) is 0 Å². The molecule has 1 fully saturated rings. The van der Waals surface area contributed by atoms with Crippen LogP contribution in [0.2, 0.25) is 0 Å². The van der Waals surface area contributed by atoms with Crippen molar-refractivity contribution in [2.75, 3.05) is 13.0 Å². The Morgan fingerprint density at radius 2 is 2.14 bits per heavy atom. The Morgan fingerprint density at radius 3 is 2.57 bits per heavy atom. The van der Waals surface area contributed by atoms with Crippen LogP contribution in [0.1, 0.15) is 27.2 Å². The van der Waals surface area contributed by atoms with Gasteiger partial charge in [-0.1, -0.05) is 20.8 Å². The summed E-state index contributed by atoms with van der Waals surface area (Å²) in [4.78, 5) is 0. The minimum Gasteiger partial charge on any atom is -0.372 e. The molecule has 0 bridgehead atoms. The van der Waals surface area contributed by atoms with Gasteiger partial charge in [0.25, 0.3) is 0 Å². The first-order valence-electron chi connectivity index (χ1n) is 5.23. The van der Waals surface area contributed by atoms with E-state index < -0.39 is 5.79 Å². The van der Waals surface area contributed by atoms with Crippen molar-refractivity contribution in [3.8, 4) is 0 Å². The maximum atomic E-state index is 10.2. The van der Waals surface area contributed by atoms with Gasteiger partial charge in [-0.05, 0) is 12.3 Å². The molecule has 0 aromatic heterocycles. The Hall–Kier alpha value is 0.310. The summed E-state index contributed by atoms with van der Waals surface area (Å²) in [7, 11) is 2.47. The van der Waals surface area contributed by atoms with Gasteiger partial charge in [0.1, 0.15) is 6.61 Å². The molecule has 5 atom stereocenters. The third kappa shape index (κ3) is 2.27. The van der Waals surface area contributed by atoms with Crippen molar-refractivity contribution < 1.29 is 14.6 Å². The van der Waals surface area contributed by atoms with Gasteiger partial charge in [-0.2, -0.15) is 0 Å². The molecule has 14 heavy (non-hydrogen) atoms. The third-order valence-corrected chi connectivity index (χ3v) is 3.51. The highest BCUT2D eigenvalue weighted by molar-refractivity contribution is 7.16. The summed E-state index contributed by atoms with van der Waals surface area (Å²) < 4.78 is 10.9. The topological polar surface area (TPSA) is 38.7 Å². The first-order chi connectivity index (χ1) is 6.55. The van der Waals surface area contributed by atoms with Gasteiger partial charge in [-0.15, -0.1) is 9.24 Å². The van der Waals surface area contributed by atoms with Gasteiger partial charge >= 0.3 is 0 Å². The van der Waals surface area contributed by atoms with Gasteiger partial charge in [0.05, 0.1) is 12.5 Å². The van der Waals surface area contributed by atoms with E-state index in [4.69, 9.17) is 9.47 Å². The van der Waals surface area contributed by atoms with E-state index in [0.29, 0.717) is 12.3 Å². The second-order valence-electron chi connectivity index (χ2n) is 4.07. The Morgan fingerprint density at radius 1 is 1.50 bits per heavy atom. The van der Waals surface area contributed by atoms with E-state index >= 15 is 0 Å². The number of aliphatic hydroxyl groups is 1. The molecule has 4 heteroatoms. The van der Waals surface area contributed by atoms with Gasteiger partial charge in [0.2, 0.25) is 0 Å². The quantitative estimate of drug-likeness (QED) is 0.731. The fourth-order valence-electron chi connectivity index (χ4n) is 2.04. The number of hydrogen-bond donors (Lipinski definition) is 1. The van der Waals surface area contributed by atoms with Crippen LogP contribution in [0.25, 0.3) is 0 Å². The van der Waals surface area contributed by atoms with Crippen molar-refractivity contribution in [1.29, 1.82) is 0 Å². The maximum Gasteiger partial charge on any atom is 0.192 e. The predicted molar refractivity (Wildman–Crippen MR) is 59.0 cm³/mol. The summed E-state index contributed by atoms with van der Waals surface area (Å²) in [5.41, 5.74) is 0. The van der Waals surface area contributed by atoms with Crippen LogP contribution in [0.3, 0.4) is 0 Å². The molecule has 1 rings (SSSR count). The van der Waals surface area contributed by atoms with E-state index in [1.54, 1.807) is 0 Å². The second kappa shape index (κ2) is 4.89. The number of rotatable bonds is 4. The molecule has 1 aliphatic heterocycles. The molecule has 0 amide bonds. The Kier molecular flexibility index (Phi) is 4.32. The van der Waals surface area contributed by atoms with Crippen molar-refractivity contribution in [2.24, 2.45) is 11.8 Å². The molecule has 0 radical (unpaired) electrons. The highest BCUT2D eigenvalue weighted by atomic mass is 31.0. The van der Waals surface area contributed by atoms with Crippen LogP contribution >= 0.6 is 9.24 Å². The zero-order valence-corrected chi connectivity index (χ0v) is 10.3. The standard InChI is InChI=1S/C10H21O3P/c1-4-9-7(2)8(3)10(11,13-9)5-12-6-14/h7-9,11H,4-6,14H2,1-3H3/t7?,8?,9-,10+/m1/s1. The lowest BCUT2D eigenvalue weighted by Gasteiger charge is -2.27. The van der Waals surface area contributed by atoms with Gasteiger partial charge in [-0.25, -0.2) is 0 Å². The summed E-state index contributed by atoms with van der Waals surface area (Å²) in [6.07, 6.45) is 1.63. The minimum atomic E-state index is -1.09. The summed E-state index contributed by atoms with van der Waals surface area (Å²) >= 11 is 0. The molecule has 1 aliphatic rings. The van der Waals surface area contributed by atoms with Crippen molar-refractivity contribution in [3.63, 3.8) is 0 Å². The lowest BCUT2D eigenvalue weighted by atomic mass is 9.88. The van der Waals surface area contributed by atoms with E-state index in [9.17, 15) is 5.11 Å². The first kappa shape index (κ1) is 12.4. The zero-order chi connectivity index (χ0) is 10.8. The zero-order valence-electron chi connectivity index (χ0n) is 9.19. The first-order valence-corrected chi connectivity index (χ1v) is 6.04. The van der Waals surface area contributed by atoms with E-state index in [-0.39, 0.29) is 18.6 Å². The molecule has 3 unspecified atom stereocenters. The molecule has 0 aliphatic carbocycles. The molecule has 0 aromatic carbocycles. The fraction of sp³-hybridized carbons (Fsp3) is 1.00. The predicted octanol–water partition coefficient (Wildman–Crippen LogP) is 1.61. The smallest absolute Gasteiger partial charge is 0.192 e. The van der Waals surface area contributed by atoms with Gasteiger partial charge < -0.3 is 14.6 Å². The normalized spacial score (nSPS) is 43.1. The summed E-state index contributed by atoms with van der Waals surface area (Å²) in [5.74, 6) is -0.571. The molecular formula is C10H21O3P. The van der Waals surface area contributed by atoms with Crippen molar-refractivity contribution in [1.82, 2.24) is 0 Å². The molecule has 1 saturated heterocycles. The third-order valence-electron chi connectivity index (χ3n) is 3.27. The minimum absolute atomic E-state index is 0.129. The van der Waals surface area contributed by atoms with Crippen LogP contribution in [-0.4, -0.2) is 30.0 Å².